The predicted molar refractivity (Wildman–Crippen MR) is 183 cm³/mol. The van der Waals surface area contributed by atoms with Crippen LogP contribution in [0.4, 0.5) is 5.69 Å². The fourth-order valence-corrected chi connectivity index (χ4v) is 7.98. The number of quaternary nitrogens is 1. The van der Waals surface area contributed by atoms with Gasteiger partial charge in [0.25, 0.3) is 0 Å². The van der Waals surface area contributed by atoms with Crippen LogP contribution in [0.3, 0.4) is 0 Å². The Hall–Kier alpha value is -2.31. The quantitative estimate of drug-likeness (QED) is 0.104. The van der Waals surface area contributed by atoms with Crippen molar-refractivity contribution in [2.24, 2.45) is 0 Å². The van der Waals surface area contributed by atoms with E-state index in [1.54, 1.807) is 6.07 Å². The van der Waals surface area contributed by atoms with Gasteiger partial charge >= 0.3 is 0 Å². The van der Waals surface area contributed by atoms with Gasteiger partial charge in [0.1, 0.15) is 29.8 Å². The summed E-state index contributed by atoms with van der Waals surface area (Å²) in [5, 5.41) is 13.0. The minimum Gasteiger partial charge on any atom is -0.456 e. The Labute approximate surface area is 273 Å². The molecule has 43 heavy (non-hydrogen) atoms. The molecule has 0 saturated heterocycles. The van der Waals surface area contributed by atoms with Gasteiger partial charge in [0, 0.05) is 53.0 Å². The summed E-state index contributed by atoms with van der Waals surface area (Å²) >= 11 is 26.7. The van der Waals surface area contributed by atoms with Gasteiger partial charge in [0.05, 0.1) is 39.7 Å². The molecule has 0 aromatic heterocycles. The van der Waals surface area contributed by atoms with Crippen molar-refractivity contribution < 1.29 is 9.84 Å². The second-order valence-electron chi connectivity index (χ2n) is 12.6. The molecule has 3 aliphatic rings. The van der Waals surface area contributed by atoms with E-state index in [-0.39, 0.29) is 22.2 Å². The van der Waals surface area contributed by atoms with Gasteiger partial charge in [0.2, 0.25) is 5.36 Å². The highest BCUT2D eigenvalue weighted by Gasteiger charge is 2.39. The fraction of sp³-hybridized carbons (Fsp3) is 0.343. The van der Waals surface area contributed by atoms with E-state index in [0.29, 0.717) is 33.9 Å². The molecule has 3 aliphatic heterocycles. The number of β-amino-alcohol motifs (C(OH)–C–C–N with tert-alkyl or cyclic N) is 1. The van der Waals surface area contributed by atoms with E-state index in [4.69, 9.17) is 51.1 Å². The van der Waals surface area contributed by atoms with Gasteiger partial charge in [-0.15, -0.1) is 0 Å². The lowest BCUT2D eigenvalue weighted by Crippen LogP contribution is -2.53. The SMILES string of the molecule is CC[N+]1(C)c2cc3c(cc2C(C)=CC1C)C(c1cc(Cl)c(Cl)c(Cl)c1Cl)=c1cc2c(cc1O3)=[N+](CCO)C(C)(C)C=C2C. The van der Waals surface area contributed by atoms with Gasteiger partial charge in [0.15, 0.2) is 12.1 Å². The molecule has 8 heteroatoms. The standard InChI is InChI=1S/C35H36Cl4N2O2/c1-8-41(7)20(4)11-18(2)22-13-24-30(16-28(22)41)43-29-15-27-21(19(3)17-35(5,6)40(27)9-10-42)12-23(29)31(24)25-14-26(36)33(38)34(39)32(25)37/h11-17,20,42H,8-10H2,1-7H3/q+2. The summed E-state index contributed by atoms with van der Waals surface area (Å²) in [6.07, 6.45) is 4.59. The van der Waals surface area contributed by atoms with Crippen molar-refractivity contribution in [3.63, 3.8) is 0 Å². The number of ether oxygens (including phenoxy) is 1. The summed E-state index contributed by atoms with van der Waals surface area (Å²) < 4.78 is 9.82. The highest BCUT2D eigenvalue weighted by molar-refractivity contribution is 6.52. The van der Waals surface area contributed by atoms with Crippen LogP contribution >= 0.6 is 46.4 Å². The number of halogens is 4. The molecule has 4 nitrogen and oxygen atoms in total. The number of allylic oxidation sites excluding steroid dienone is 2. The molecule has 0 fully saturated rings. The van der Waals surface area contributed by atoms with E-state index in [0.717, 1.165) is 49.6 Å². The molecule has 0 bridgehead atoms. The first-order valence-corrected chi connectivity index (χ1v) is 16.1. The van der Waals surface area contributed by atoms with Gasteiger partial charge in [-0.05, 0) is 69.2 Å². The average molecular weight is 658 g/mol. The monoisotopic (exact) mass is 656 g/mol. The molecular formula is C35H36Cl4N2O2+2. The molecule has 3 heterocycles. The van der Waals surface area contributed by atoms with E-state index in [9.17, 15) is 5.11 Å². The molecule has 2 atom stereocenters. The Bertz CT molecular complexity index is 1920. The predicted octanol–water partition coefficient (Wildman–Crippen LogP) is 8.09. The summed E-state index contributed by atoms with van der Waals surface area (Å²) in [6.45, 7) is 14.6. The van der Waals surface area contributed by atoms with Crippen LogP contribution in [0.25, 0.3) is 16.7 Å². The van der Waals surface area contributed by atoms with Crippen LogP contribution in [0.5, 0.6) is 11.5 Å². The summed E-state index contributed by atoms with van der Waals surface area (Å²) in [5.74, 6) is 1.45. The smallest absolute Gasteiger partial charge is 0.212 e. The van der Waals surface area contributed by atoms with E-state index >= 15 is 0 Å². The lowest BCUT2D eigenvalue weighted by Gasteiger charge is -2.42. The number of likely N-dealkylation sites (N-methyl/N-ethyl adjacent to an activating group) is 1. The Morgan fingerprint density at radius 1 is 0.884 bits per heavy atom. The lowest BCUT2D eigenvalue weighted by molar-refractivity contribution is 0.255. The van der Waals surface area contributed by atoms with Crippen LogP contribution in [0.2, 0.25) is 20.1 Å². The Morgan fingerprint density at radius 3 is 2.28 bits per heavy atom. The Morgan fingerprint density at radius 2 is 1.60 bits per heavy atom. The normalized spacial score (nSPS) is 21.7. The number of hydrogen-bond acceptors (Lipinski definition) is 2. The minimum atomic E-state index is -0.285. The first kappa shape index (κ1) is 30.7. The summed E-state index contributed by atoms with van der Waals surface area (Å²) in [5.41, 5.74) is 8.04. The summed E-state index contributed by atoms with van der Waals surface area (Å²) in [4.78, 5) is 0. The molecule has 3 aromatic rings. The van der Waals surface area contributed by atoms with Gasteiger partial charge in [-0.3, -0.25) is 4.48 Å². The van der Waals surface area contributed by atoms with Gasteiger partial charge in [-0.1, -0.05) is 46.4 Å². The van der Waals surface area contributed by atoms with Gasteiger partial charge < -0.3 is 9.84 Å². The highest BCUT2D eigenvalue weighted by atomic mass is 35.5. The van der Waals surface area contributed by atoms with Crippen molar-refractivity contribution in [1.82, 2.24) is 9.06 Å². The first-order valence-electron chi connectivity index (χ1n) is 14.6. The summed E-state index contributed by atoms with van der Waals surface area (Å²) in [7, 11) is 2.27. The third-order valence-electron chi connectivity index (χ3n) is 9.65. The molecule has 0 spiro atoms. The molecule has 1 N–H and O–H groups in total. The number of aliphatic hydroxyl groups excluding tert-OH is 1. The molecule has 0 aliphatic carbocycles. The van der Waals surface area contributed by atoms with E-state index in [1.807, 2.05) is 0 Å². The van der Waals surface area contributed by atoms with Crippen LogP contribution in [0.15, 0.2) is 42.5 Å². The maximum Gasteiger partial charge on any atom is 0.212 e. The van der Waals surface area contributed by atoms with Crippen molar-refractivity contribution in [3.8, 4) is 11.5 Å². The maximum absolute atomic E-state index is 9.98. The molecule has 2 unspecified atom stereocenters. The zero-order valence-electron chi connectivity index (χ0n) is 25.5. The van der Waals surface area contributed by atoms with Crippen molar-refractivity contribution in [2.45, 2.75) is 53.1 Å². The molecule has 0 amide bonds. The second kappa shape index (κ2) is 10.7. The van der Waals surface area contributed by atoms with Crippen molar-refractivity contribution in [3.05, 3.63) is 95.4 Å². The number of hydrogen-bond donors (Lipinski definition) is 1. The van der Waals surface area contributed by atoms with Crippen LogP contribution in [-0.4, -0.2) is 43.4 Å². The fourth-order valence-electron chi connectivity index (χ4n) is 7.08. The molecular weight excluding hydrogens is 622 g/mol. The van der Waals surface area contributed by atoms with Crippen molar-refractivity contribution in [2.75, 3.05) is 26.7 Å². The summed E-state index contributed by atoms with van der Waals surface area (Å²) in [6, 6.07) is 10.8. The Kier molecular flexibility index (Phi) is 7.60. The second-order valence-corrected chi connectivity index (χ2v) is 14.1. The number of rotatable bonds is 4. The zero-order valence-corrected chi connectivity index (χ0v) is 28.5. The number of fused-ring (bicyclic) bond motifs is 4. The highest BCUT2D eigenvalue weighted by Crippen LogP contribution is 2.49. The topological polar surface area (TPSA) is 32.5 Å². The molecule has 224 valence electrons. The van der Waals surface area contributed by atoms with Crippen LogP contribution in [0.1, 0.15) is 63.8 Å². The largest absolute Gasteiger partial charge is 0.456 e. The zero-order chi connectivity index (χ0) is 31.2. The average Bonchev–Trinajstić information content (AvgIpc) is 2.96. The molecule has 0 saturated carbocycles. The molecule has 6 rings (SSSR count). The van der Waals surface area contributed by atoms with Crippen molar-refractivity contribution >= 4 is 68.8 Å². The van der Waals surface area contributed by atoms with Crippen LogP contribution in [-0.2, 0) is 0 Å². The van der Waals surface area contributed by atoms with E-state index in [2.05, 4.69) is 89.6 Å². The number of aliphatic hydroxyl groups is 1. The third-order valence-corrected chi connectivity index (χ3v) is 11.4. The molecule has 3 aromatic carbocycles. The van der Waals surface area contributed by atoms with E-state index in [1.165, 1.54) is 16.8 Å². The maximum atomic E-state index is 9.98. The molecule has 0 radical (unpaired) electrons. The first-order chi connectivity index (χ1) is 20.2. The van der Waals surface area contributed by atoms with Crippen LogP contribution < -0.4 is 24.4 Å². The lowest BCUT2D eigenvalue weighted by atomic mass is 9.85. The number of nitrogens with zero attached hydrogens (tertiary/aromatic N) is 2. The van der Waals surface area contributed by atoms with Crippen LogP contribution in [0, 0.1) is 0 Å². The number of benzene rings is 3. The van der Waals surface area contributed by atoms with Crippen molar-refractivity contribution in [1.29, 1.82) is 0 Å². The minimum absolute atomic E-state index is 0.0377. The van der Waals surface area contributed by atoms with Gasteiger partial charge in [-0.25, -0.2) is 4.58 Å². The van der Waals surface area contributed by atoms with E-state index < -0.39 is 0 Å². The third kappa shape index (κ3) is 4.60. The Balaban J connectivity index is 1.79. The van der Waals surface area contributed by atoms with Gasteiger partial charge in [-0.2, -0.15) is 0 Å².